The normalized spacial score (nSPS) is 41.9. The van der Waals surface area contributed by atoms with Crippen LogP contribution in [0.4, 0.5) is 0 Å². The monoisotopic (exact) mass is 598 g/mol. The van der Waals surface area contributed by atoms with Gasteiger partial charge in [0, 0.05) is 48.7 Å². The lowest BCUT2D eigenvalue weighted by Gasteiger charge is -2.49. The molecule has 9 nitrogen and oxygen atoms in total. The van der Waals surface area contributed by atoms with Gasteiger partial charge in [-0.15, -0.1) is 0 Å². The van der Waals surface area contributed by atoms with Gasteiger partial charge in [0.05, 0.1) is 6.10 Å². The summed E-state index contributed by atoms with van der Waals surface area (Å²) in [7, 11) is 1.47. The van der Waals surface area contributed by atoms with Crippen LogP contribution in [0.15, 0.2) is 47.6 Å². The van der Waals surface area contributed by atoms with Gasteiger partial charge in [0.25, 0.3) is 0 Å². The lowest BCUT2D eigenvalue weighted by Crippen LogP contribution is -2.57. The van der Waals surface area contributed by atoms with Crippen molar-refractivity contribution in [3.05, 3.63) is 47.6 Å². The van der Waals surface area contributed by atoms with Crippen molar-refractivity contribution >= 4 is 17.9 Å². The maximum absolute atomic E-state index is 13.5. The van der Waals surface area contributed by atoms with E-state index in [1.807, 2.05) is 52.8 Å². The van der Waals surface area contributed by atoms with E-state index in [2.05, 4.69) is 12.2 Å². The van der Waals surface area contributed by atoms with Crippen molar-refractivity contribution < 1.29 is 43.2 Å². The van der Waals surface area contributed by atoms with Gasteiger partial charge >= 0.3 is 17.9 Å². The molecular formula is C34H46O9. The lowest BCUT2D eigenvalue weighted by molar-refractivity contribution is -0.179. The molecule has 4 bridgehead atoms. The Morgan fingerprint density at radius 3 is 2.58 bits per heavy atom. The number of allylic oxidation sites excluding steroid dienone is 3. The van der Waals surface area contributed by atoms with E-state index in [1.165, 1.54) is 7.11 Å². The summed E-state index contributed by atoms with van der Waals surface area (Å²) >= 11 is 0. The van der Waals surface area contributed by atoms with Gasteiger partial charge in [0.15, 0.2) is 6.10 Å². The number of rotatable bonds is 7. The molecule has 1 spiro atoms. The third-order valence-electron chi connectivity index (χ3n) is 10.0. The van der Waals surface area contributed by atoms with Crippen molar-refractivity contribution in [3.8, 4) is 0 Å². The number of hydrogen-bond donors (Lipinski definition) is 1. The zero-order chi connectivity index (χ0) is 31.2. The van der Waals surface area contributed by atoms with Crippen molar-refractivity contribution in [3.63, 3.8) is 0 Å². The average molecular weight is 599 g/mol. The first-order chi connectivity index (χ1) is 20.4. The Labute approximate surface area is 254 Å². The Morgan fingerprint density at radius 1 is 1.19 bits per heavy atom. The fraction of sp³-hybridized carbons (Fsp3) is 0.676. The van der Waals surface area contributed by atoms with Crippen LogP contribution in [0.25, 0.3) is 0 Å². The molecule has 2 heterocycles. The maximum atomic E-state index is 13.5. The molecule has 236 valence electrons. The smallest absolute Gasteiger partial charge is 0.335 e. The molecule has 0 aromatic carbocycles. The minimum absolute atomic E-state index is 0.134. The fourth-order valence-corrected chi connectivity index (χ4v) is 7.94. The van der Waals surface area contributed by atoms with Gasteiger partial charge < -0.3 is 28.8 Å². The van der Waals surface area contributed by atoms with Crippen molar-refractivity contribution in [2.45, 2.75) is 103 Å². The Hall–Kier alpha value is -2.75. The topological polar surface area (TPSA) is 118 Å². The number of carbonyl (C=O) groups excluding carboxylic acids is 3. The van der Waals surface area contributed by atoms with Crippen LogP contribution in [0, 0.1) is 35.5 Å². The van der Waals surface area contributed by atoms with E-state index in [4.69, 9.17) is 23.7 Å². The minimum Gasteiger partial charge on any atom is -0.459 e. The molecule has 1 N–H and O–H groups in total. The van der Waals surface area contributed by atoms with Crippen molar-refractivity contribution in [2.75, 3.05) is 7.11 Å². The first-order valence-corrected chi connectivity index (χ1v) is 15.6. The minimum atomic E-state index is -0.960. The van der Waals surface area contributed by atoms with Gasteiger partial charge in [-0.05, 0) is 38.2 Å². The molecule has 5 rings (SSSR count). The molecule has 0 radical (unpaired) electrons. The van der Waals surface area contributed by atoms with Crippen LogP contribution in [0.3, 0.4) is 0 Å². The molecule has 0 unspecified atom stereocenters. The first-order valence-electron chi connectivity index (χ1n) is 15.6. The number of carbonyl (C=O) groups is 3. The van der Waals surface area contributed by atoms with Crippen LogP contribution in [0.1, 0.15) is 60.8 Å². The van der Waals surface area contributed by atoms with E-state index in [0.29, 0.717) is 12.0 Å². The van der Waals surface area contributed by atoms with Crippen molar-refractivity contribution in [1.29, 1.82) is 0 Å². The van der Waals surface area contributed by atoms with Crippen LogP contribution in [-0.2, 0) is 38.1 Å². The highest BCUT2D eigenvalue weighted by molar-refractivity contribution is 5.90. The molecule has 9 heteroatoms. The van der Waals surface area contributed by atoms with E-state index in [0.717, 1.165) is 5.57 Å². The van der Waals surface area contributed by atoms with Gasteiger partial charge in [-0.3, -0.25) is 4.79 Å². The van der Waals surface area contributed by atoms with Gasteiger partial charge in [-0.25, -0.2) is 9.59 Å². The molecule has 0 amide bonds. The average Bonchev–Trinajstić information content (AvgIpc) is 3.54. The molecule has 1 saturated heterocycles. The summed E-state index contributed by atoms with van der Waals surface area (Å²) < 4.78 is 30.5. The number of methoxy groups -OCH3 is 1. The SMILES string of the molecule is CO[C@H]1C[C@H]2C=C[C@H]3[C@H]4O[C@]2(/C(C)=C/[C@@H](C)[C@@H]([C@@H](C)OC(=O)CC(C)C)OC1=O)[C@@H]3[C@H](O)[C@@H](C)[C@H]4OC(=O)C1=CC=CC1. The molecule has 43 heavy (non-hydrogen) atoms. The summed E-state index contributed by atoms with van der Waals surface area (Å²) in [5, 5.41) is 11.9. The number of cyclic esters (lactones) is 1. The molecule has 0 aromatic rings. The molecule has 1 saturated carbocycles. The van der Waals surface area contributed by atoms with Crippen LogP contribution in [0.5, 0.6) is 0 Å². The van der Waals surface area contributed by atoms with Crippen molar-refractivity contribution in [2.24, 2.45) is 35.5 Å². The predicted octanol–water partition coefficient (Wildman–Crippen LogP) is 4.24. The van der Waals surface area contributed by atoms with Crippen LogP contribution >= 0.6 is 0 Å². The summed E-state index contributed by atoms with van der Waals surface area (Å²) in [5.41, 5.74) is 0.514. The molecule has 0 aromatic heterocycles. The van der Waals surface area contributed by atoms with Crippen LogP contribution in [0.2, 0.25) is 0 Å². The summed E-state index contributed by atoms with van der Waals surface area (Å²) in [6.07, 6.45) is 8.38. The molecule has 2 aliphatic heterocycles. The number of esters is 3. The largest absolute Gasteiger partial charge is 0.459 e. The predicted molar refractivity (Wildman–Crippen MR) is 157 cm³/mol. The third-order valence-corrected chi connectivity index (χ3v) is 10.0. The molecule has 5 aliphatic rings. The quantitative estimate of drug-likeness (QED) is 0.261. The lowest BCUT2D eigenvalue weighted by atomic mass is 9.57. The Kier molecular flexibility index (Phi) is 9.08. The Bertz CT molecular complexity index is 1230. The fourth-order valence-electron chi connectivity index (χ4n) is 7.94. The molecule has 12 atom stereocenters. The summed E-state index contributed by atoms with van der Waals surface area (Å²) in [5.74, 6) is -2.68. The standard InChI is InChI=1S/C34H46O9/c1-17(2)14-26(35)40-21(6)29-18(3)15-19(4)34-23(16-25(39-7)33(38)41-29)12-13-24-27(34)28(36)20(5)30(31(24)43-34)42-32(37)22-10-8-9-11-22/h8-10,12-13,15,17-18,20-21,23-25,27-31,36H,11,14,16H2,1-7H3/b19-15+/t18-,20-,21-,23-,24-,25+,27+,28-,29+,30-,31-,34+/m1/s1. The highest BCUT2D eigenvalue weighted by atomic mass is 16.6. The zero-order valence-corrected chi connectivity index (χ0v) is 26.2. The number of aliphatic hydroxyl groups is 1. The van der Waals surface area contributed by atoms with Gasteiger partial charge in [0.2, 0.25) is 0 Å². The molecular weight excluding hydrogens is 552 g/mol. The summed E-state index contributed by atoms with van der Waals surface area (Å²) in [6.45, 7) is 11.4. The van der Waals surface area contributed by atoms with E-state index in [-0.39, 0.29) is 54.3 Å². The zero-order valence-electron chi connectivity index (χ0n) is 26.2. The van der Waals surface area contributed by atoms with Crippen LogP contribution in [-0.4, -0.2) is 72.3 Å². The molecule has 3 aliphatic carbocycles. The van der Waals surface area contributed by atoms with E-state index >= 15 is 0 Å². The highest BCUT2D eigenvalue weighted by Crippen LogP contribution is 2.61. The second-order valence-corrected chi connectivity index (χ2v) is 13.4. The van der Waals surface area contributed by atoms with Crippen molar-refractivity contribution in [1.82, 2.24) is 0 Å². The summed E-state index contributed by atoms with van der Waals surface area (Å²) in [6, 6.07) is 0. The van der Waals surface area contributed by atoms with E-state index in [1.54, 1.807) is 13.0 Å². The maximum Gasteiger partial charge on any atom is 0.335 e. The van der Waals surface area contributed by atoms with Crippen LogP contribution < -0.4 is 0 Å². The number of aliphatic hydroxyl groups excluding tert-OH is 1. The number of ether oxygens (including phenoxy) is 5. The second-order valence-electron chi connectivity index (χ2n) is 13.4. The first kappa shape index (κ1) is 31.7. The Morgan fingerprint density at radius 2 is 1.93 bits per heavy atom. The van der Waals surface area contributed by atoms with Gasteiger partial charge in [0.1, 0.15) is 30.0 Å². The third kappa shape index (κ3) is 5.64. The van der Waals surface area contributed by atoms with E-state index < -0.39 is 54.2 Å². The highest BCUT2D eigenvalue weighted by Gasteiger charge is 2.69. The Balaban J connectivity index is 1.51. The summed E-state index contributed by atoms with van der Waals surface area (Å²) in [4.78, 5) is 39.1. The number of hydrogen-bond acceptors (Lipinski definition) is 9. The van der Waals surface area contributed by atoms with Gasteiger partial charge in [-0.2, -0.15) is 0 Å². The van der Waals surface area contributed by atoms with E-state index in [9.17, 15) is 19.5 Å². The molecule has 2 fully saturated rings. The second kappa shape index (κ2) is 12.3. The van der Waals surface area contributed by atoms with Gasteiger partial charge in [-0.1, -0.05) is 64.2 Å².